The van der Waals surface area contributed by atoms with Crippen LogP contribution in [0.2, 0.25) is 0 Å². The summed E-state index contributed by atoms with van der Waals surface area (Å²) in [5.74, 6) is 0. The highest BCUT2D eigenvalue weighted by molar-refractivity contribution is 5.88. The van der Waals surface area contributed by atoms with Crippen molar-refractivity contribution in [1.82, 2.24) is 10.3 Å². The minimum atomic E-state index is -0.255. The molecule has 0 aliphatic heterocycles. The maximum Gasteiger partial charge on any atom is 0.319 e. The summed E-state index contributed by atoms with van der Waals surface area (Å²) in [4.78, 5) is 15.0. The number of methoxy groups -OCH3 is 1. The number of amides is 2. The van der Waals surface area contributed by atoms with Crippen molar-refractivity contribution in [3.8, 4) is 0 Å². The number of hydrogen-bond donors (Lipinski definition) is 2. The number of carbonyl (C=O) groups is 1. The van der Waals surface area contributed by atoms with Gasteiger partial charge in [-0.25, -0.2) is 4.79 Å². The quantitative estimate of drug-likeness (QED) is 0.700. The number of carbonyl (C=O) groups excluding carboxylic acids is 1. The molecule has 0 unspecified atom stereocenters. The van der Waals surface area contributed by atoms with Crippen molar-refractivity contribution in [2.45, 2.75) is 0 Å². The van der Waals surface area contributed by atoms with Crippen molar-refractivity contribution < 1.29 is 9.53 Å². The Morgan fingerprint density at radius 2 is 2.50 bits per heavy atom. The predicted molar refractivity (Wildman–Crippen MR) is 53.1 cm³/mol. The molecule has 76 valence electrons. The van der Waals surface area contributed by atoms with Gasteiger partial charge in [-0.3, -0.25) is 4.98 Å². The lowest BCUT2D eigenvalue weighted by molar-refractivity contribution is 0.198. The van der Waals surface area contributed by atoms with Gasteiger partial charge in [0.25, 0.3) is 0 Å². The largest absolute Gasteiger partial charge is 0.383 e. The first-order valence-corrected chi connectivity index (χ1v) is 4.27. The summed E-state index contributed by atoms with van der Waals surface area (Å²) in [6.07, 6.45) is 3.23. The van der Waals surface area contributed by atoms with E-state index in [2.05, 4.69) is 15.6 Å². The van der Waals surface area contributed by atoms with Crippen LogP contribution in [0.1, 0.15) is 0 Å². The standard InChI is InChI=1S/C9H13N3O2/c1-14-6-5-11-9(13)12-8-3-2-4-10-7-8/h2-4,7H,5-6H2,1H3,(H2,11,12,13). The summed E-state index contributed by atoms with van der Waals surface area (Å²) in [6, 6.07) is 3.27. The monoisotopic (exact) mass is 195 g/mol. The third-order valence-corrected chi connectivity index (χ3v) is 1.51. The van der Waals surface area contributed by atoms with Gasteiger partial charge in [-0.05, 0) is 12.1 Å². The molecule has 0 spiro atoms. The second kappa shape index (κ2) is 5.93. The third-order valence-electron chi connectivity index (χ3n) is 1.51. The van der Waals surface area contributed by atoms with E-state index in [1.165, 1.54) is 0 Å². The second-order valence-corrected chi connectivity index (χ2v) is 2.62. The molecule has 5 heteroatoms. The maximum atomic E-state index is 11.2. The Morgan fingerprint density at radius 3 is 3.14 bits per heavy atom. The molecule has 0 bridgehead atoms. The number of aromatic nitrogens is 1. The zero-order valence-electron chi connectivity index (χ0n) is 7.99. The molecule has 0 fully saturated rings. The Morgan fingerprint density at radius 1 is 1.64 bits per heavy atom. The zero-order chi connectivity index (χ0) is 10.2. The Hall–Kier alpha value is -1.62. The van der Waals surface area contributed by atoms with Gasteiger partial charge in [0.05, 0.1) is 18.5 Å². The molecule has 1 aromatic rings. The predicted octanol–water partition coefficient (Wildman–Crippen LogP) is 0.849. The molecule has 0 aromatic carbocycles. The van der Waals surface area contributed by atoms with E-state index >= 15 is 0 Å². The van der Waals surface area contributed by atoms with Crippen molar-refractivity contribution in [2.24, 2.45) is 0 Å². The Labute approximate surface area is 82.5 Å². The Bertz CT molecular complexity index is 277. The molecule has 0 atom stereocenters. The van der Waals surface area contributed by atoms with Crippen molar-refractivity contribution in [3.05, 3.63) is 24.5 Å². The van der Waals surface area contributed by atoms with E-state index in [1.807, 2.05) is 0 Å². The molecular formula is C9H13N3O2. The highest BCUT2D eigenvalue weighted by atomic mass is 16.5. The van der Waals surface area contributed by atoms with Gasteiger partial charge in [0, 0.05) is 19.9 Å². The minimum Gasteiger partial charge on any atom is -0.383 e. The van der Waals surface area contributed by atoms with Gasteiger partial charge in [-0.1, -0.05) is 0 Å². The first-order chi connectivity index (χ1) is 6.83. The summed E-state index contributed by atoms with van der Waals surface area (Å²) in [5.41, 5.74) is 0.669. The summed E-state index contributed by atoms with van der Waals surface area (Å²) in [5, 5.41) is 5.26. The molecule has 2 amide bonds. The smallest absolute Gasteiger partial charge is 0.319 e. The fraction of sp³-hybridized carbons (Fsp3) is 0.333. The van der Waals surface area contributed by atoms with Crippen LogP contribution in [0.15, 0.2) is 24.5 Å². The molecule has 0 aliphatic rings. The van der Waals surface area contributed by atoms with Crippen LogP contribution in [0.5, 0.6) is 0 Å². The van der Waals surface area contributed by atoms with Crippen molar-refractivity contribution in [2.75, 3.05) is 25.6 Å². The van der Waals surface area contributed by atoms with Gasteiger partial charge in [0.1, 0.15) is 0 Å². The highest BCUT2D eigenvalue weighted by Gasteiger charge is 1.99. The number of ether oxygens (including phenoxy) is 1. The average molecular weight is 195 g/mol. The summed E-state index contributed by atoms with van der Waals surface area (Å²) < 4.78 is 4.79. The molecule has 1 heterocycles. The third kappa shape index (κ3) is 3.86. The lowest BCUT2D eigenvalue weighted by Crippen LogP contribution is -2.31. The van der Waals surface area contributed by atoms with E-state index in [0.29, 0.717) is 18.8 Å². The number of anilines is 1. The van der Waals surface area contributed by atoms with Gasteiger partial charge in [0.15, 0.2) is 0 Å². The van der Waals surface area contributed by atoms with Gasteiger partial charge in [-0.2, -0.15) is 0 Å². The van der Waals surface area contributed by atoms with Crippen LogP contribution in [-0.2, 0) is 4.74 Å². The van der Waals surface area contributed by atoms with Crippen LogP contribution in [0, 0.1) is 0 Å². The van der Waals surface area contributed by atoms with Gasteiger partial charge >= 0.3 is 6.03 Å². The average Bonchev–Trinajstić information content (AvgIpc) is 2.20. The SMILES string of the molecule is COCCNC(=O)Nc1cccnc1. The molecule has 1 aromatic heterocycles. The molecule has 0 saturated carbocycles. The number of nitrogens with zero attached hydrogens (tertiary/aromatic N) is 1. The summed E-state index contributed by atoms with van der Waals surface area (Å²) in [7, 11) is 1.58. The first kappa shape index (κ1) is 10.5. The van der Waals surface area contributed by atoms with E-state index in [4.69, 9.17) is 4.74 Å². The molecule has 2 N–H and O–H groups in total. The minimum absolute atomic E-state index is 0.255. The lowest BCUT2D eigenvalue weighted by atomic mass is 10.4. The van der Waals surface area contributed by atoms with E-state index in [-0.39, 0.29) is 6.03 Å². The van der Waals surface area contributed by atoms with E-state index in [0.717, 1.165) is 0 Å². The van der Waals surface area contributed by atoms with Crippen molar-refractivity contribution in [3.63, 3.8) is 0 Å². The van der Waals surface area contributed by atoms with Crippen molar-refractivity contribution >= 4 is 11.7 Å². The normalized spacial score (nSPS) is 9.50. The lowest BCUT2D eigenvalue weighted by Gasteiger charge is -2.05. The summed E-state index contributed by atoms with van der Waals surface area (Å²) >= 11 is 0. The number of nitrogens with one attached hydrogen (secondary N) is 2. The molecular weight excluding hydrogens is 182 g/mol. The molecule has 1 rings (SSSR count). The number of hydrogen-bond acceptors (Lipinski definition) is 3. The van der Waals surface area contributed by atoms with Crippen LogP contribution in [0.25, 0.3) is 0 Å². The molecule has 0 saturated heterocycles. The second-order valence-electron chi connectivity index (χ2n) is 2.62. The van der Waals surface area contributed by atoms with E-state index < -0.39 is 0 Å². The molecule has 0 aliphatic carbocycles. The molecule has 5 nitrogen and oxygen atoms in total. The van der Waals surface area contributed by atoms with Crippen LogP contribution in [-0.4, -0.2) is 31.3 Å². The Balaban J connectivity index is 2.27. The number of urea groups is 1. The van der Waals surface area contributed by atoms with Crippen LogP contribution >= 0.6 is 0 Å². The molecule has 14 heavy (non-hydrogen) atoms. The van der Waals surface area contributed by atoms with Crippen LogP contribution < -0.4 is 10.6 Å². The van der Waals surface area contributed by atoms with Gasteiger partial charge < -0.3 is 15.4 Å². The van der Waals surface area contributed by atoms with Gasteiger partial charge in [-0.15, -0.1) is 0 Å². The van der Waals surface area contributed by atoms with Crippen LogP contribution in [0.4, 0.5) is 10.5 Å². The van der Waals surface area contributed by atoms with E-state index in [9.17, 15) is 4.79 Å². The summed E-state index contributed by atoms with van der Waals surface area (Å²) in [6.45, 7) is 0.989. The topological polar surface area (TPSA) is 63.2 Å². The first-order valence-electron chi connectivity index (χ1n) is 4.27. The van der Waals surface area contributed by atoms with Crippen LogP contribution in [0.3, 0.4) is 0 Å². The van der Waals surface area contributed by atoms with Gasteiger partial charge in [0.2, 0.25) is 0 Å². The number of rotatable bonds is 4. The fourth-order valence-corrected chi connectivity index (χ4v) is 0.879. The molecule has 0 radical (unpaired) electrons. The number of pyridine rings is 1. The zero-order valence-corrected chi connectivity index (χ0v) is 7.99. The van der Waals surface area contributed by atoms with Crippen molar-refractivity contribution in [1.29, 1.82) is 0 Å². The maximum absolute atomic E-state index is 11.2. The Kier molecular flexibility index (Phi) is 4.43. The fourth-order valence-electron chi connectivity index (χ4n) is 0.879. The highest BCUT2D eigenvalue weighted by Crippen LogP contribution is 2.01. The van der Waals surface area contributed by atoms with E-state index in [1.54, 1.807) is 31.6 Å².